The summed E-state index contributed by atoms with van der Waals surface area (Å²) in [5.41, 5.74) is 4.37. The number of nitrogens with one attached hydrogen (secondary N) is 1. The number of hydrogen-bond acceptors (Lipinski definition) is 2. The van der Waals surface area contributed by atoms with Gasteiger partial charge in [0.25, 0.3) is 0 Å². The Morgan fingerprint density at radius 3 is 2.76 bits per heavy atom. The molecule has 0 bridgehead atoms. The summed E-state index contributed by atoms with van der Waals surface area (Å²) in [7, 11) is 1.94. The number of hydrogen-bond donors (Lipinski definition) is 1. The van der Waals surface area contributed by atoms with E-state index in [2.05, 4.69) is 28.1 Å². The molecule has 0 atom stereocenters. The highest BCUT2D eigenvalue weighted by atomic mass is 35.5. The quantitative estimate of drug-likeness (QED) is 0.757. The largest absolute Gasteiger partial charge is 0.388 e. The van der Waals surface area contributed by atoms with Crippen molar-refractivity contribution in [2.75, 3.05) is 12.4 Å². The van der Waals surface area contributed by atoms with Crippen LogP contribution in [0.15, 0.2) is 42.5 Å². The highest BCUT2D eigenvalue weighted by Crippen LogP contribution is 2.42. The zero-order valence-electron chi connectivity index (χ0n) is 11.8. The van der Waals surface area contributed by atoms with Crippen LogP contribution in [0, 0.1) is 0 Å². The van der Waals surface area contributed by atoms with Gasteiger partial charge in [-0.25, -0.2) is 4.98 Å². The lowest BCUT2D eigenvalue weighted by molar-refractivity contribution is 0.775. The Balaban J connectivity index is 2.02. The summed E-state index contributed by atoms with van der Waals surface area (Å²) in [6, 6.07) is 14.8. The molecule has 0 amide bonds. The van der Waals surface area contributed by atoms with Crippen LogP contribution in [0.1, 0.15) is 18.9 Å². The molecular weight excluding hydrogens is 282 g/mol. The summed E-state index contributed by atoms with van der Waals surface area (Å²) in [4.78, 5) is 4.86. The number of imidazole rings is 1. The fourth-order valence-corrected chi connectivity index (χ4v) is 3.02. The lowest BCUT2D eigenvalue weighted by Gasteiger charge is -2.11. The van der Waals surface area contributed by atoms with E-state index >= 15 is 0 Å². The van der Waals surface area contributed by atoms with Crippen LogP contribution >= 0.6 is 11.6 Å². The van der Waals surface area contributed by atoms with E-state index in [0.717, 1.165) is 33.1 Å². The lowest BCUT2D eigenvalue weighted by Crippen LogP contribution is -2.00. The summed E-state index contributed by atoms with van der Waals surface area (Å²) < 4.78 is 2.34. The monoisotopic (exact) mass is 297 g/mol. The van der Waals surface area contributed by atoms with Crippen molar-refractivity contribution in [3.63, 3.8) is 0 Å². The fourth-order valence-electron chi connectivity index (χ4n) is 2.85. The highest BCUT2D eigenvalue weighted by molar-refractivity contribution is 6.31. The Morgan fingerprint density at radius 2 is 2.00 bits per heavy atom. The van der Waals surface area contributed by atoms with Crippen LogP contribution in [0.2, 0.25) is 5.02 Å². The maximum atomic E-state index is 6.18. The van der Waals surface area contributed by atoms with Gasteiger partial charge in [-0.3, -0.25) is 0 Å². The Labute approximate surface area is 128 Å². The van der Waals surface area contributed by atoms with Crippen molar-refractivity contribution >= 4 is 28.3 Å². The highest BCUT2D eigenvalue weighted by Gasteiger charge is 2.29. The van der Waals surface area contributed by atoms with Crippen molar-refractivity contribution in [2.45, 2.75) is 18.9 Å². The topological polar surface area (TPSA) is 29.9 Å². The van der Waals surface area contributed by atoms with Crippen molar-refractivity contribution in [1.29, 1.82) is 0 Å². The number of benzene rings is 2. The molecule has 1 saturated carbocycles. The van der Waals surface area contributed by atoms with Crippen LogP contribution in [-0.4, -0.2) is 16.6 Å². The van der Waals surface area contributed by atoms with Gasteiger partial charge in [0.05, 0.1) is 11.0 Å². The smallest absolute Gasteiger partial charge is 0.143 e. The maximum Gasteiger partial charge on any atom is 0.143 e. The van der Waals surface area contributed by atoms with Gasteiger partial charge < -0.3 is 9.88 Å². The van der Waals surface area contributed by atoms with Crippen molar-refractivity contribution in [2.24, 2.45) is 0 Å². The van der Waals surface area contributed by atoms with Crippen molar-refractivity contribution in [3.05, 3.63) is 47.5 Å². The molecule has 0 spiro atoms. The number of fused-ring (bicyclic) bond motifs is 1. The number of rotatable bonds is 3. The second-order valence-electron chi connectivity index (χ2n) is 5.47. The van der Waals surface area contributed by atoms with E-state index < -0.39 is 0 Å². The average molecular weight is 298 g/mol. The predicted octanol–water partition coefficient (Wildman–Crippen LogP) is 4.73. The number of anilines is 1. The first-order valence-electron chi connectivity index (χ1n) is 7.22. The molecule has 0 saturated heterocycles. The Hall–Kier alpha value is -2.00. The van der Waals surface area contributed by atoms with Gasteiger partial charge in [0.2, 0.25) is 0 Å². The summed E-state index contributed by atoms with van der Waals surface area (Å²) >= 11 is 6.18. The molecule has 0 unspecified atom stereocenters. The standard InChI is InChI=1S/C17H16ClN3/c1-19-14-5-3-2-4-13(14)17-20-15-9-6-11(18)10-16(15)21(17)12-7-8-12/h2-6,9-10,12,19H,7-8H2,1H3. The minimum Gasteiger partial charge on any atom is -0.388 e. The molecule has 3 nitrogen and oxygen atoms in total. The lowest BCUT2D eigenvalue weighted by atomic mass is 10.1. The molecule has 1 fully saturated rings. The molecule has 21 heavy (non-hydrogen) atoms. The third-order valence-corrected chi connectivity index (χ3v) is 4.24. The first kappa shape index (κ1) is 12.7. The molecule has 0 aliphatic heterocycles. The second kappa shape index (κ2) is 4.78. The normalized spacial score (nSPS) is 14.6. The third kappa shape index (κ3) is 2.09. The van der Waals surface area contributed by atoms with Gasteiger partial charge >= 0.3 is 0 Å². The van der Waals surface area contributed by atoms with Crippen LogP contribution in [0.3, 0.4) is 0 Å². The third-order valence-electron chi connectivity index (χ3n) is 4.00. The zero-order valence-corrected chi connectivity index (χ0v) is 12.6. The van der Waals surface area contributed by atoms with E-state index in [-0.39, 0.29) is 0 Å². The molecule has 1 heterocycles. The molecule has 4 rings (SSSR count). The van der Waals surface area contributed by atoms with Gasteiger partial charge in [0.1, 0.15) is 5.82 Å². The number of halogens is 1. The molecule has 0 radical (unpaired) electrons. The molecule has 1 aliphatic carbocycles. The van der Waals surface area contributed by atoms with E-state index in [4.69, 9.17) is 16.6 Å². The van der Waals surface area contributed by atoms with E-state index in [1.807, 2.05) is 31.3 Å². The van der Waals surface area contributed by atoms with Gasteiger partial charge in [-0.2, -0.15) is 0 Å². The van der Waals surface area contributed by atoms with Crippen LogP contribution in [-0.2, 0) is 0 Å². The van der Waals surface area contributed by atoms with E-state index in [0.29, 0.717) is 6.04 Å². The van der Waals surface area contributed by atoms with E-state index in [9.17, 15) is 0 Å². The molecule has 106 valence electrons. The van der Waals surface area contributed by atoms with Gasteiger partial charge in [-0.15, -0.1) is 0 Å². The van der Waals surface area contributed by atoms with Crippen molar-refractivity contribution < 1.29 is 0 Å². The van der Waals surface area contributed by atoms with E-state index in [1.165, 1.54) is 12.8 Å². The minimum absolute atomic E-state index is 0.549. The van der Waals surface area contributed by atoms with Crippen LogP contribution in [0.4, 0.5) is 5.69 Å². The van der Waals surface area contributed by atoms with Crippen molar-refractivity contribution in [1.82, 2.24) is 9.55 Å². The van der Waals surface area contributed by atoms with Crippen LogP contribution < -0.4 is 5.32 Å². The predicted molar refractivity (Wildman–Crippen MR) is 88.0 cm³/mol. The van der Waals surface area contributed by atoms with Crippen molar-refractivity contribution in [3.8, 4) is 11.4 Å². The van der Waals surface area contributed by atoms with Crippen LogP contribution in [0.5, 0.6) is 0 Å². The second-order valence-corrected chi connectivity index (χ2v) is 5.90. The molecule has 1 aliphatic rings. The zero-order chi connectivity index (χ0) is 14.4. The SMILES string of the molecule is CNc1ccccc1-c1nc2ccc(Cl)cc2n1C1CC1. The van der Waals surface area contributed by atoms with Gasteiger partial charge in [0.15, 0.2) is 0 Å². The number of para-hydroxylation sites is 1. The van der Waals surface area contributed by atoms with Crippen LogP contribution in [0.25, 0.3) is 22.4 Å². The Kier molecular flexibility index (Phi) is 2.89. The summed E-state index contributed by atoms with van der Waals surface area (Å²) in [6.07, 6.45) is 2.43. The molecule has 1 N–H and O–H groups in total. The van der Waals surface area contributed by atoms with Gasteiger partial charge in [-0.05, 0) is 43.2 Å². The molecular formula is C17H16ClN3. The summed E-state index contributed by atoms with van der Waals surface area (Å²) in [6.45, 7) is 0. The first-order chi connectivity index (χ1) is 10.3. The van der Waals surface area contributed by atoms with E-state index in [1.54, 1.807) is 0 Å². The maximum absolute atomic E-state index is 6.18. The average Bonchev–Trinajstić information content (AvgIpc) is 3.28. The first-order valence-corrected chi connectivity index (χ1v) is 7.60. The minimum atomic E-state index is 0.549. The fraction of sp³-hybridized carbons (Fsp3) is 0.235. The molecule has 3 aromatic rings. The van der Waals surface area contributed by atoms with Gasteiger partial charge in [0, 0.05) is 29.4 Å². The summed E-state index contributed by atoms with van der Waals surface area (Å²) in [5.74, 6) is 1.03. The number of aromatic nitrogens is 2. The molecule has 2 aromatic carbocycles. The number of nitrogens with zero attached hydrogens (tertiary/aromatic N) is 2. The van der Waals surface area contributed by atoms with Gasteiger partial charge in [-0.1, -0.05) is 23.7 Å². The molecule has 4 heteroatoms. The molecule has 1 aromatic heterocycles. The summed E-state index contributed by atoms with van der Waals surface area (Å²) in [5, 5.41) is 4.02. The Morgan fingerprint density at radius 1 is 1.19 bits per heavy atom. The Bertz CT molecular complexity index is 818.